The van der Waals surface area contributed by atoms with E-state index in [4.69, 9.17) is 0 Å². The van der Waals surface area contributed by atoms with Crippen molar-refractivity contribution < 1.29 is 21.6 Å². The Morgan fingerprint density at radius 1 is 1.10 bits per heavy atom. The van der Waals surface area contributed by atoms with Gasteiger partial charge in [0.05, 0.1) is 17.9 Å². The third-order valence-corrected chi connectivity index (χ3v) is 5.80. The van der Waals surface area contributed by atoms with Crippen LogP contribution in [0.3, 0.4) is 0 Å². The Balaban J connectivity index is 1.72. The van der Waals surface area contributed by atoms with E-state index in [1.165, 1.54) is 12.1 Å². The molecule has 1 atom stereocenters. The molecule has 1 aliphatic heterocycles. The largest absolute Gasteiger partial charge is 0.416 e. The van der Waals surface area contributed by atoms with Crippen LogP contribution in [0, 0.1) is 5.92 Å². The summed E-state index contributed by atoms with van der Waals surface area (Å²) in [6, 6.07) is 4.73. The van der Waals surface area contributed by atoms with Gasteiger partial charge in [-0.3, -0.25) is 4.90 Å². The molecule has 0 saturated carbocycles. The lowest BCUT2D eigenvalue weighted by atomic mass is 10.1. The normalized spacial score (nSPS) is 17.0. The number of aromatic nitrogens is 3. The van der Waals surface area contributed by atoms with Gasteiger partial charge in [-0.15, -0.1) is 10.2 Å². The van der Waals surface area contributed by atoms with Gasteiger partial charge in [0.25, 0.3) is 0 Å². The molecule has 30 heavy (non-hydrogen) atoms. The van der Waals surface area contributed by atoms with Crippen molar-refractivity contribution >= 4 is 10.0 Å². The highest BCUT2D eigenvalue weighted by molar-refractivity contribution is 7.88. The average Bonchev–Trinajstić information content (AvgIpc) is 2.93. The van der Waals surface area contributed by atoms with Crippen LogP contribution < -0.4 is 4.72 Å². The van der Waals surface area contributed by atoms with Crippen LogP contribution in [0.4, 0.5) is 13.2 Å². The summed E-state index contributed by atoms with van der Waals surface area (Å²) in [6.07, 6.45) is -2.60. The highest BCUT2D eigenvalue weighted by Gasteiger charge is 2.30. The fraction of sp³-hybridized carbons (Fsp3) is 0.579. The fourth-order valence-electron chi connectivity index (χ4n) is 3.55. The molecular weight excluding hydrogens is 419 g/mol. The summed E-state index contributed by atoms with van der Waals surface area (Å²) in [6.45, 7) is 6.28. The van der Waals surface area contributed by atoms with Crippen molar-refractivity contribution in [1.29, 1.82) is 0 Å². The smallest absolute Gasteiger partial charge is 0.312 e. The summed E-state index contributed by atoms with van der Waals surface area (Å²) >= 11 is 0. The van der Waals surface area contributed by atoms with Crippen molar-refractivity contribution in [3.63, 3.8) is 0 Å². The molecule has 0 aliphatic carbocycles. The second-order valence-corrected chi connectivity index (χ2v) is 9.74. The number of benzene rings is 1. The van der Waals surface area contributed by atoms with Gasteiger partial charge in [-0.2, -0.15) is 13.2 Å². The number of nitrogens with zero attached hydrogens (tertiary/aromatic N) is 4. The monoisotopic (exact) mass is 445 g/mol. The van der Waals surface area contributed by atoms with E-state index in [0.29, 0.717) is 38.4 Å². The van der Waals surface area contributed by atoms with Gasteiger partial charge >= 0.3 is 6.18 Å². The van der Waals surface area contributed by atoms with Gasteiger partial charge in [0.15, 0.2) is 5.82 Å². The molecule has 166 valence electrons. The molecular formula is C19H26F3N5O2S. The van der Waals surface area contributed by atoms with Crippen molar-refractivity contribution in [2.24, 2.45) is 5.92 Å². The van der Waals surface area contributed by atoms with Gasteiger partial charge < -0.3 is 4.57 Å². The molecule has 0 radical (unpaired) electrons. The summed E-state index contributed by atoms with van der Waals surface area (Å²) < 4.78 is 66.4. The molecule has 2 aromatic rings. The van der Waals surface area contributed by atoms with Crippen LogP contribution in [0.1, 0.15) is 42.7 Å². The summed E-state index contributed by atoms with van der Waals surface area (Å²) in [7, 11) is -3.42. The van der Waals surface area contributed by atoms with E-state index in [0.717, 1.165) is 29.8 Å². The van der Waals surface area contributed by atoms with Crippen LogP contribution in [0.15, 0.2) is 24.3 Å². The number of nitrogens with one attached hydrogen (secondary N) is 1. The molecule has 3 rings (SSSR count). The predicted octanol–water partition coefficient (Wildman–Crippen LogP) is 2.60. The maximum atomic E-state index is 12.7. The Hall–Kier alpha value is -1.98. The van der Waals surface area contributed by atoms with Gasteiger partial charge in [-0.05, 0) is 23.6 Å². The Morgan fingerprint density at radius 3 is 2.33 bits per heavy atom. The van der Waals surface area contributed by atoms with E-state index in [9.17, 15) is 21.6 Å². The number of rotatable bonds is 6. The lowest BCUT2D eigenvalue weighted by Gasteiger charge is -2.22. The van der Waals surface area contributed by atoms with Gasteiger partial charge in [-0.25, -0.2) is 13.1 Å². The first-order valence-electron chi connectivity index (χ1n) is 9.72. The second kappa shape index (κ2) is 8.64. The lowest BCUT2D eigenvalue weighted by molar-refractivity contribution is -0.137. The zero-order chi connectivity index (χ0) is 22.1. The molecule has 0 amide bonds. The van der Waals surface area contributed by atoms with Gasteiger partial charge in [0.1, 0.15) is 5.82 Å². The maximum absolute atomic E-state index is 12.7. The molecule has 1 unspecified atom stereocenters. The van der Waals surface area contributed by atoms with Crippen LogP contribution in [0.5, 0.6) is 0 Å². The highest BCUT2D eigenvalue weighted by Crippen LogP contribution is 2.29. The number of fused-ring (bicyclic) bond motifs is 1. The van der Waals surface area contributed by atoms with E-state index in [-0.39, 0.29) is 5.92 Å². The Labute approximate surface area is 174 Å². The first kappa shape index (κ1) is 22.7. The van der Waals surface area contributed by atoms with Crippen LogP contribution >= 0.6 is 0 Å². The zero-order valence-corrected chi connectivity index (χ0v) is 18.0. The van der Waals surface area contributed by atoms with Crippen LogP contribution in [-0.4, -0.2) is 47.4 Å². The number of halogens is 3. The van der Waals surface area contributed by atoms with Crippen LogP contribution in [0.2, 0.25) is 0 Å². The predicted molar refractivity (Wildman–Crippen MR) is 106 cm³/mol. The Kier molecular flexibility index (Phi) is 6.54. The summed E-state index contributed by atoms with van der Waals surface area (Å²) in [4.78, 5) is 2.15. The minimum atomic E-state index is -4.34. The number of hydrogen-bond acceptors (Lipinski definition) is 5. The van der Waals surface area contributed by atoms with Crippen LogP contribution in [0.25, 0.3) is 0 Å². The molecule has 1 aromatic heterocycles. The molecule has 1 aromatic carbocycles. The van der Waals surface area contributed by atoms with E-state index in [2.05, 4.69) is 19.8 Å². The summed E-state index contributed by atoms with van der Waals surface area (Å²) in [5, 5.41) is 8.50. The van der Waals surface area contributed by atoms with E-state index in [1.54, 1.807) is 0 Å². The minimum absolute atomic E-state index is 0.0143. The van der Waals surface area contributed by atoms with Crippen molar-refractivity contribution in [2.45, 2.75) is 45.6 Å². The Bertz CT molecular complexity index is 971. The third kappa shape index (κ3) is 5.58. The molecule has 1 aliphatic rings. The van der Waals surface area contributed by atoms with Gasteiger partial charge in [0.2, 0.25) is 10.0 Å². The lowest BCUT2D eigenvalue weighted by Crippen LogP contribution is -2.33. The van der Waals surface area contributed by atoms with E-state index < -0.39 is 27.8 Å². The number of sulfonamides is 1. The fourth-order valence-corrected chi connectivity index (χ4v) is 4.39. The van der Waals surface area contributed by atoms with Crippen molar-refractivity contribution in [1.82, 2.24) is 24.4 Å². The first-order valence-corrected chi connectivity index (χ1v) is 11.6. The molecule has 0 fully saturated rings. The molecule has 0 saturated heterocycles. The molecule has 0 spiro atoms. The quantitative estimate of drug-likeness (QED) is 0.740. The van der Waals surface area contributed by atoms with E-state index in [1.807, 2.05) is 18.4 Å². The highest BCUT2D eigenvalue weighted by atomic mass is 32.2. The first-order chi connectivity index (χ1) is 13.9. The molecule has 11 heteroatoms. The maximum Gasteiger partial charge on any atom is 0.416 e. The molecule has 2 heterocycles. The van der Waals surface area contributed by atoms with E-state index >= 15 is 0 Å². The van der Waals surface area contributed by atoms with Gasteiger partial charge in [0, 0.05) is 32.6 Å². The number of hydrogen-bond donors (Lipinski definition) is 1. The molecule has 0 bridgehead atoms. The number of alkyl halides is 3. The third-order valence-electron chi connectivity index (χ3n) is 5.12. The second-order valence-electron chi connectivity index (χ2n) is 7.96. The SMILES string of the molecule is CC(C)C(NS(C)(=O)=O)c1nnc2n1CCN(Cc1ccc(C(F)(F)F)cc1)CC2. The van der Waals surface area contributed by atoms with Crippen molar-refractivity contribution in [3.05, 3.63) is 47.0 Å². The van der Waals surface area contributed by atoms with Gasteiger partial charge in [-0.1, -0.05) is 26.0 Å². The van der Waals surface area contributed by atoms with Crippen LogP contribution in [-0.2, 0) is 35.7 Å². The topological polar surface area (TPSA) is 80.1 Å². The summed E-state index contributed by atoms with van der Waals surface area (Å²) in [5.41, 5.74) is 0.149. The standard InChI is InChI=1S/C19H26F3N5O2S/c1-13(2)17(25-30(3,28)29)18-24-23-16-8-9-26(10-11-27(16)18)12-14-4-6-15(7-5-14)19(20,21)22/h4-7,13,17,25H,8-12H2,1-3H3. The van der Waals surface area contributed by atoms with Crippen molar-refractivity contribution in [2.75, 3.05) is 19.3 Å². The molecule has 7 nitrogen and oxygen atoms in total. The van der Waals surface area contributed by atoms with Crippen molar-refractivity contribution in [3.8, 4) is 0 Å². The minimum Gasteiger partial charge on any atom is -0.312 e. The summed E-state index contributed by atoms with van der Waals surface area (Å²) in [5.74, 6) is 1.35. The zero-order valence-electron chi connectivity index (χ0n) is 17.1. The average molecular weight is 446 g/mol. The molecule has 1 N–H and O–H groups in total. The Morgan fingerprint density at radius 2 is 1.77 bits per heavy atom.